The quantitative estimate of drug-likeness (QED) is 0.903. The zero-order chi connectivity index (χ0) is 18.5. The number of hydrogen-bond donors (Lipinski definition) is 1. The molecule has 0 aliphatic carbocycles. The average Bonchev–Trinajstić information content (AvgIpc) is 3.09. The lowest BCUT2D eigenvalue weighted by Crippen LogP contribution is -2.51. The second kappa shape index (κ2) is 7.85. The van der Waals surface area contributed by atoms with Crippen molar-refractivity contribution >= 4 is 17.8 Å². The van der Waals surface area contributed by atoms with E-state index in [2.05, 4.69) is 15.5 Å². The van der Waals surface area contributed by atoms with Gasteiger partial charge in [0.05, 0.1) is 6.61 Å². The van der Waals surface area contributed by atoms with Gasteiger partial charge in [0.15, 0.2) is 0 Å². The van der Waals surface area contributed by atoms with Gasteiger partial charge >= 0.3 is 12.1 Å². The van der Waals surface area contributed by atoms with E-state index in [1.807, 2.05) is 0 Å². The maximum Gasteiger partial charge on any atom is 0.409 e. The molecule has 1 fully saturated rings. The van der Waals surface area contributed by atoms with Crippen LogP contribution >= 0.6 is 0 Å². The first-order valence-corrected chi connectivity index (χ1v) is 8.45. The van der Waals surface area contributed by atoms with E-state index in [0.29, 0.717) is 50.3 Å². The number of carbonyl (C=O) groups is 2. The molecule has 0 spiro atoms. The fourth-order valence-corrected chi connectivity index (χ4v) is 2.62. The summed E-state index contributed by atoms with van der Waals surface area (Å²) in [5.41, 5.74) is 1.45. The molecule has 1 aliphatic heterocycles. The Balaban J connectivity index is 1.53. The Morgan fingerprint density at radius 3 is 2.35 bits per heavy atom. The second-order valence-electron chi connectivity index (χ2n) is 5.81. The molecule has 3 rings (SSSR count). The number of aryl methyl sites for hydroxylation is 1. The molecular weight excluding hydrogens is 338 g/mol. The van der Waals surface area contributed by atoms with Crippen LogP contribution < -0.4 is 5.32 Å². The van der Waals surface area contributed by atoms with Gasteiger partial charge in [0, 0.05) is 44.4 Å². The fraction of sp³-hybridized carbons (Fsp3) is 0.412. The number of rotatable bonds is 3. The lowest BCUT2D eigenvalue weighted by molar-refractivity contribution is 0.0868. The van der Waals surface area contributed by atoms with Gasteiger partial charge in [-0.05, 0) is 31.2 Å². The van der Waals surface area contributed by atoms with E-state index in [1.54, 1.807) is 47.9 Å². The number of hydrogen-bond acceptors (Lipinski definition) is 6. The Labute approximate surface area is 150 Å². The van der Waals surface area contributed by atoms with Crippen molar-refractivity contribution in [3.05, 3.63) is 30.2 Å². The second-order valence-corrected chi connectivity index (χ2v) is 5.81. The SMILES string of the molecule is CCOC(=O)N1CCN(C(=O)Nc2ccc(-c3nnc(C)o3)cc2)CC1. The molecule has 9 nitrogen and oxygen atoms in total. The molecule has 1 aromatic heterocycles. The molecule has 0 bridgehead atoms. The monoisotopic (exact) mass is 359 g/mol. The van der Waals surface area contributed by atoms with Gasteiger partial charge in [0.25, 0.3) is 0 Å². The molecule has 26 heavy (non-hydrogen) atoms. The molecule has 0 radical (unpaired) electrons. The summed E-state index contributed by atoms with van der Waals surface area (Å²) in [6.45, 7) is 5.69. The van der Waals surface area contributed by atoms with Crippen LogP contribution in [0.3, 0.4) is 0 Å². The van der Waals surface area contributed by atoms with Crippen LogP contribution in [0.2, 0.25) is 0 Å². The third-order valence-corrected chi connectivity index (χ3v) is 4.00. The van der Waals surface area contributed by atoms with Crippen molar-refractivity contribution in [1.82, 2.24) is 20.0 Å². The molecule has 0 atom stereocenters. The first-order valence-electron chi connectivity index (χ1n) is 8.45. The number of carbonyl (C=O) groups excluding carboxylic acids is 2. The van der Waals surface area contributed by atoms with Crippen molar-refractivity contribution in [3.63, 3.8) is 0 Å². The number of aromatic nitrogens is 2. The minimum atomic E-state index is -0.334. The van der Waals surface area contributed by atoms with Gasteiger partial charge in [-0.15, -0.1) is 10.2 Å². The van der Waals surface area contributed by atoms with Crippen LogP contribution in [0.15, 0.2) is 28.7 Å². The van der Waals surface area contributed by atoms with Crippen LogP contribution in [0.5, 0.6) is 0 Å². The van der Waals surface area contributed by atoms with Crippen LogP contribution in [0.1, 0.15) is 12.8 Å². The Morgan fingerprint density at radius 1 is 1.12 bits per heavy atom. The number of ether oxygens (including phenoxy) is 1. The average molecular weight is 359 g/mol. The number of benzene rings is 1. The first kappa shape index (κ1) is 17.7. The van der Waals surface area contributed by atoms with Crippen molar-refractivity contribution in [2.45, 2.75) is 13.8 Å². The third kappa shape index (κ3) is 4.11. The summed E-state index contributed by atoms with van der Waals surface area (Å²) in [6.07, 6.45) is -0.334. The van der Waals surface area contributed by atoms with Gasteiger partial charge in [-0.2, -0.15) is 0 Å². The Kier molecular flexibility index (Phi) is 5.35. The number of amides is 3. The van der Waals surface area contributed by atoms with E-state index >= 15 is 0 Å². The van der Waals surface area contributed by atoms with Crippen LogP contribution in [0, 0.1) is 6.92 Å². The van der Waals surface area contributed by atoms with Gasteiger partial charge in [-0.1, -0.05) is 0 Å². The fourth-order valence-electron chi connectivity index (χ4n) is 2.62. The molecule has 2 aromatic rings. The summed E-state index contributed by atoms with van der Waals surface area (Å²) >= 11 is 0. The highest BCUT2D eigenvalue weighted by Crippen LogP contribution is 2.20. The van der Waals surface area contributed by atoms with Crippen LogP contribution in [-0.4, -0.2) is 64.9 Å². The zero-order valence-electron chi connectivity index (χ0n) is 14.8. The van der Waals surface area contributed by atoms with Crippen molar-refractivity contribution in [3.8, 4) is 11.5 Å². The predicted octanol–water partition coefficient (Wildman–Crippen LogP) is 2.35. The van der Waals surface area contributed by atoms with Gasteiger partial charge in [0.2, 0.25) is 11.8 Å². The minimum Gasteiger partial charge on any atom is -0.450 e. The lowest BCUT2D eigenvalue weighted by Gasteiger charge is -2.34. The first-order chi connectivity index (χ1) is 12.6. The Morgan fingerprint density at radius 2 is 1.77 bits per heavy atom. The van der Waals surface area contributed by atoms with Crippen LogP contribution in [0.4, 0.5) is 15.3 Å². The summed E-state index contributed by atoms with van der Waals surface area (Å²) in [4.78, 5) is 27.3. The molecule has 3 amide bonds. The summed E-state index contributed by atoms with van der Waals surface area (Å²) in [5.74, 6) is 0.940. The molecule has 1 aromatic carbocycles. The summed E-state index contributed by atoms with van der Waals surface area (Å²) in [5, 5.41) is 10.6. The number of nitrogens with zero attached hydrogens (tertiary/aromatic N) is 4. The van der Waals surface area contributed by atoms with Crippen molar-refractivity contribution in [2.75, 3.05) is 38.1 Å². The topological polar surface area (TPSA) is 101 Å². The maximum absolute atomic E-state index is 12.4. The smallest absolute Gasteiger partial charge is 0.409 e. The number of anilines is 1. The highest BCUT2D eigenvalue weighted by atomic mass is 16.6. The van der Waals surface area contributed by atoms with Crippen LogP contribution in [0.25, 0.3) is 11.5 Å². The molecule has 138 valence electrons. The largest absolute Gasteiger partial charge is 0.450 e. The molecule has 1 saturated heterocycles. The van der Waals surface area contributed by atoms with E-state index in [4.69, 9.17) is 9.15 Å². The number of urea groups is 1. The number of piperazine rings is 1. The van der Waals surface area contributed by atoms with E-state index in [9.17, 15) is 9.59 Å². The van der Waals surface area contributed by atoms with Gasteiger partial charge < -0.3 is 24.3 Å². The van der Waals surface area contributed by atoms with Crippen molar-refractivity contribution in [1.29, 1.82) is 0 Å². The normalized spacial score (nSPS) is 14.2. The molecule has 2 heterocycles. The summed E-state index contributed by atoms with van der Waals surface area (Å²) < 4.78 is 10.3. The lowest BCUT2D eigenvalue weighted by atomic mass is 10.2. The van der Waals surface area contributed by atoms with Gasteiger partial charge in [-0.25, -0.2) is 9.59 Å². The van der Waals surface area contributed by atoms with E-state index in [-0.39, 0.29) is 12.1 Å². The number of nitrogens with one attached hydrogen (secondary N) is 1. The van der Waals surface area contributed by atoms with Crippen molar-refractivity contribution < 1.29 is 18.7 Å². The highest BCUT2D eigenvalue weighted by molar-refractivity contribution is 5.89. The van der Waals surface area contributed by atoms with Crippen molar-refractivity contribution in [2.24, 2.45) is 0 Å². The van der Waals surface area contributed by atoms with Gasteiger partial charge in [0.1, 0.15) is 0 Å². The van der Waals surface area contributed by atoms with Crippen LogP contribution in [-0.2, 0) is 4.74 Å². The zero-order valence-corrected chi connectivity index (χ0v) is 14.8. The highest BCUT2D eigenvalue weighted by Gasteiger charge is 2.24. The molecule has 1 aliphatic rings. The summed E-state index contributed by atoms with van der Waals surface area (Å²) in [7, 11) is 0. The predicted molar refractivity (Wildman–Crippen MR) is 93.7 cm³/mol. The standard InChI is InChI=1S/C17H21N5O4/c1-3-25-17(24)22-10-8-21(9-11-22)16(23)18-14-6-4-13(5-7-14)15-20-19-12(2)26-15/h4-7H,3,8-11H2,1-2H3,(H,18,23). The van der Waals surface area contributed by atoms with E-state index in [1.165, 1.54) is 0 Å². The minimum absolute atomic E-state index is 0.199. The van der Waals surface area contributed by atoms with E-state index in [0.717, 1.165) is 5.56 Å². The van der Waals surface area contributed by atoms with Gasteiger partial charge in [-0.3, -0.25) is 0 Å². The molecule has 9 heteroatoms. The third-order valence-electron chi connectivity index (χ3n) is 4.00. The summed E-state index contributed by atoms with van der Waals surface area (Å²) in [6, 6.07) is 6.97. The maximum atomic E-state index is 12.4. The molecule has 1 N–H and O–H groups in total. The molecular formula is C17H21N5O4. The Bertz CT molecular complexity index is 766. The molecule has 0 saturated carbocycles. The molecule has 0 unspecified atom stereocenters. The van der Waals surface area contributed by atoms with E-state index < -0.39 is 0 Å². The Hall–Kier alpha value is -3.10.